The normalized spacial score (nSPS) is 15.5. The minimum absolute atomic E-state index is 0.0685. The number of rotatable bonds is 2. The van der Waals surface area contributed by atoms with Gasteiger partial charge in [0.2, 0.25) is 5.88 Å². The molecule has 2 aromatic rings. The summed E-state index contributed by atoms with van der Waals surface area (Å²) in [5, 5.41) is 10.4. The van der Waals surface area contributed by atoms with Crippen molar-refractivity contribution in [2.75, 3.05) is 0 Å². The summed E-state index contributed by atoms with van der Waals surface area (Å²) >= 11 is 0. The van der Waals surface area contributed by atoms with Gasteiger partial charge in [0.05, 0.1) is 0 Å². The van der Waals surface area contributed by atoms with Crippen molar-refractivity contribution in [3.63, 3.8) is 0 Å². The van der Waals surface area contributed by atoms with Crippen LogP contribution in [0.4, 0.5) is 4.39 Å². The van der Waals surface area contributed by atoms with Crippen molar-refractivity contribution >= 4 is 0 Å². The molecule has 6 heteroatoms. The lowest BCUT2D eigenvalue weighted by atomic mass is 10.1. The second kappa shape index (κ2) is 5.20. The first-order chi connectivity index (χ1) is 10.1. The van der Waals surface area contributed by atoms with Crippen LogP contribution in [-0.2, 0) is 0 Å². The van der Waals surface area contributed by atoms with Crippen LogP contribution in [0.3, 0.4) is 0 Å². The monoisotopic (exact) mass is 290 g/mol. The zero-order chi connectivity index (χ0) is 15.0. The summed E-state index contributed by atoms with van der Waals surface area (Å²) in [6, 6.07) is 5.27. The van der Waals surface area contributed by atoms with Gasteiger partial charge in [0.25, 0.3) is 5.56 Å². The first kappa shape index (κ1) is 13.6. The van der Waals surface area contributed by atoms with Crippen LogP contribution in [-0.4, -0.2) is 14.7 Å². The molecular weight excluding hydrogens is 275 g/mol. The highest BCUT2D eigenvalue weighted by atomic mass is 19.1. The molecule has 0 radical (unpaired) electrons. The second-order valence-electron chi connectivity index (χ2n) is 5.28. The minimum Gasteiger partial charge on any atom is -0.494 e. The highest BCUT2D eigenvalue weighted by molar-refractivity contribution is 5.67. The number of nitrogens with zero attached hydrogens (tertiary/aromatic N) is 1. The number of H-pyrrole nitrogens is 1. The zero-order valence-electron chi connectivity index (χ0n) is 11.3. The minimum atomic E-state index is -0.711. The van der Waals surface area contributed by atoms with Crippen LogP contribution in [0.25, 0.3) is 11.1 Å². The average Bonchev–Trinajstić information content (AvgIpc) is 2.92. The SMILES string of the molecule is O=c1[nH]c(=O)n(C2CCCC2)c(O)c1-c1cccc(F)c1. The van der Waals surface area contributed by atoms with Crippen molar-refractivity contribution in [3.8, 4) is 17.0 Å². The quantitative estimate of drug-likeness (QED) is 0.890. The fourth-order valence-electron chi connectivity index (χ4n) is 2.94. The highest BCUT2D eigenvalue weighted by Crippen LogP contribution is 2.33. The number of aromatic amines is 1. The molecule has 1 aliphatic carbocycles. The fourth-order valence-corrected chi connectivity index (χ4v) is 2.94. The van der Waals surface area contributed by atoms with Crippen molar-refractivity contribution in [1.29, 1.82) is 0 Å². The van der Waals surface area contributed by atoms with Gasteiger partial charge in [-0.15, -0.1) is 0 Å². The predicted molar refractivity (Wildman–Crippen MR) is 75.9 cm³/mol. The van der Waals surface area contributed by atoms with E-state index in [-0.39, 0.29) is 23.0 Å². The predicted octanol–water partition coefficient (Wildman–Crippen LogP) is 2.16. The van der Waals surface area contributed by atoms with E-state index in [1.165, 1.54) is 22.8 Å². The van der Waals surface area contributed by atoms with Gasteiger partial charge in [0.15, 0.2) is 0 Å². The van der Waals surface area contributed by atoms with E-state index < -0.39 is 17.1 Å². The Morgan fingerprint density at radius 3 is 2.62 bits per heavy atom. The number of hydrogen-bond acceptors (Lipinski definition) is 3. The van der Waals surface area contributed by atoms with E-state index in [0.717, 1.165) is 31.7 Å². The van der Waals surface area contributed by atoms with E-state index in [4.69, 9.17) is 0 Å². The Morgan fingerprint density at radius 1 is 1.24 bits per heavy atom. The Bertz CT molecular complexity index is 788. The van der Waals surface area contributed by atoms with Crippen molar-refractivity contribution in [1.82, 2.24) is 9.55 Å². The fraction of sp³-hybridized carbons (Fsp3) is 0.333. The maximum atomic E-state index is 13.3. The third-order valence-electron chi connectivity index (χ3n) is 3.92. The number of aromatic hydroxyl groups is 1. The van der Waals surface area contributed by atoms with Crippen LogP contribution in [0.5, 0.6) is 5.88 Å². The number of nitrogens with one attached hydrogen (secondary N) is 1. The van der Waals surface area contributed by atoms with E-state index in [1.54, 1.807) is 0 Å². The molecule has 110 valence electrons. The maximum Gasteiger partial charge on any atom is 0.331 e. The van der Waals surface area contributed by atoms with Gasteiger partial charge in [0.1, 0.15) is 11.4 Å². The van der Waals surface area contributed by atoms with E-state index in [9.17, 15) is 19.1 Å². The molecule has 5 nitrogen and oxygen atoms in total. The largest absolute Gasteiger partial charge is 0.494 e. The van der Waals surface area contributed by atoms with Gasteiger partial charge in [-0.1, -0.05) is 25.0 Å². The third kappa shape index (κ3) is 2.37. The summed E-state index contributed by atoms with van der Waals surface area (Å²) < 4.78 is 14.6. The summed E-state index contributed by atoms with van der Waals surface area (Å²) in [4.78, 5) is 26.2. The van der Waals surface area contributed by atoms with Crippen LogP contribution >= 0.6 is 0 Å². The topological polar surface area (TPSA) is 75.1 Å². The van der Waals surface area contributed by atoms with E-state index >= 15 is 0 Å². The van der Waals surface area contributed by atoms with Crippen molar-refractivity contribution in [2.24, 2.45) is 0 Å². The summed E-state index contributed by atoms with van der Waals surface area (Å²) in [6.07, 6.45) is 3.51. The first-order valence-electron chi connectivity index (χ1n) is 6.91. The van der Waals surface area contributed by atoms with Gasteiger partial charge < -0.3 is 5.11 Å². The molecule has 1 heterocycles. The smallest absolute Gasteiger partial charge is 0.331 e. The zero-order valence-corrected chi connectivity index (χ0v) is 11.3. The van der Waals surface area contributed by atoms with E-state index in [2.05, 4.69) is 4.98 Å². The number of benzene rings is 1. The molecule has 0 unspecified atom stereocenters. The molecule has 1 fully saturated rings. The molecule has 0 saturated heterocycles. The van der Waals surface area contributed by atoms with Crippen molar-refractivity contribution in [2.45, 2.75) is 31.7 Å². The van der Waals surface area contributed by atoms with Crippen molar-refractivity contribution < 1.29 is 9.50 Å². The molecule has 1 aliphatic rings. The van der Waals surface area contributed by atoms with Gasteiger partial charge in [-0.3, -0.25) is 14.3 Å². The number of hydrogen-bond donors (Lipinski definition) is 2. The molecule has 0 aliphatic heterocycles. The van der Waals surface area contributed by atoms with Gasteiger partial charge in [0, 0.05) is 6.04 Å². The molecule has 3 rings (SSSR count). The Hall–Kier alpha value is -2.37. The molecule has 2 N–H and O–H groups in total. The summed E-state index contributed by atoms with van der Waals surface area (Å²) in [5.74, 6) is -0.897. The third-order valence-corrected chi connectivity index (χ3v) is 3.92. The summed E-state index contributed by atoms with van der Waals surface area (Å²) in [5.41, 5.74) is -1.15. The van der Waals surface area contributed by atoms with Gasteiger partial charge in [-0.05, 0) is 30.5 Å². The van der Waals surface area contributed by atoms with E-state index in [1.807, 2.05) is 0 Å². The van der Waals surface area contributed by atoms with Gasteiger partial charge in [-0.25, -0.2) is 9.18 Å². The number of aromatic nitrogens is 2. The Labute approximate surface area is 119 Å². The Kier molecular flexibility index (Phi) is 3.37. The Morgan fingerprint density at radius 2 is 1.95 bits per heavy atom. The average molecular weight is 290 g/mol. The molecule has 1 aromatic carbocycles. The molecular formula is C15H15FN2O3. The Balaban J connectivity index is 2.23. The highest BCUT2D eigenvalue weighted by Gasteiger charge is 2.24. The second-order valence-corrected chi connectivity index (χ2v) is 5.28. The lowest BCUT2D eigenvalue weighted by Crippen LogP contribution is -2.32. The van der Waals surface area contributed by atoms with E-state index in [0.29, 0.717) is 0 Å². The summed E-state index contributed by atoms with van der Waals surface area (Å²) in [6.45, 7) is 0. The standard InChI is InChI=1S/C15H15FN2O3/c16-10-5-3-4-9(8-10)12-13(19)17-15(21)18(14(12)20)11-6-1-2-7-11/h3-5,8,11,20H,1-2,6-7H2,(H,17,19,21). The molecule has 21 heavy (non-hydrogen) atoms. The maximum absolute atomic E-state index is 13.3. The van der Waals surface area contributed by atoms with Crippen LogP contribution in [0, 0.1) is 5.82 Å². The number of halogens is 1. The van der Waals surface area contributed by atoms with Gasteiger partial charge in [-0.2, -0.15) is 0 Å². The van der Waals surface area contributed by atoms with Crippen LogP contribution < -0.4 is 11.2 Å². The summed E-state index contributed by atoms with van der Waals surface area (Å²) in [7, 11) is 0. The lowest BCUT2D eigenvalue weighted by molar-refractivity contribution is 0.365. The van der Waals surface area contributed by atoms with Crippen LogP contribution in [0.15, 0.2) is 33.9 Å². The van der Waals surface area contributed by atoms with Crippen LogP contribution in [0.2, 0.25) is 0 Å². The molecule has 0 amide bonds. The molecule has 0 bridgehead atoms. The molecule has 1 saturated carbocycles. The first-order valence-corrected chi connectivity index (χ1v) is 6.91. The van der Waals surface area contributed by atoms with Crippen LogP contribution in [0.1, 0.15) is 31.7 Å². The molecule has 0 spiro atoms. The van der Waals surface area contributed by atoms with Crippen molar-refractivity contribution in [3.05, 3.63) is 50.9 Å². The molecule has 1 aromatic heterocycles. The van der Waals surface area contributed by atoms with Gasteiger partial charge >= 0.3 is 5.69 Å². The lowest BCUT2D eigenvalue weighted by Gasteiger charge is -2.16. The molecule has 0 atom stereocenters.